The van der Waals surface area contributed by atoms with E-state index in [1.54, 1.807) is 0 Å². The van der Waals surface area contributed by atoms with E-state index in [9.17, 15) is 0 Å². The Hall–Kier alpha value is -0.760. The van der Waals surface area contributed by atoms with Crippen molar-refractivity contribution < 1.29 is 0 Å². The van der Waals surface area contributed by atoms with Crippen LogP contribution >= 0.6 is 0 Å². The van der Waals surface area contributed by atoms with Crippen molar-refractivity contribution >= 4 is 0 Å². The summed E-state index contributed by atoms with van der Waals surface area (Å²) in [5, 5.41) is 0. The SMILES string of the molecule is Cc1cc(CC(C)(C)N)c(C)n1C(C)C. The molecule has 0 aromatic carbocycles. The van der Waals surface area contributed by atoms with Gasteiger partial charge in [-0.05, 0) is 59.6 Å². The van der Waals surface area contributed by atoms with Crippen LogP contribution in [-0.2, 0) is 6.42 Å². The number of aryl methyl sites for hydroxylation is 1. The van der Waals surface area contributed by atoms with E-state index < -0.39 is 0 Å². The van der Waals surface area contributed by atoms with Gasteiger partial charge in [-0.3, -0.25) is 0 Å². The summed E-state index contributed by atoms with van der Waals surface area (Å²) in [5.74, 6) is 0. The molecule has 0 aliphatic heterocycles. The molecule has 0 unspecified atom stereocenters. The zero-order chi connectivity index (χ0) is 11.8. The third kappa shape index (κ3) is 2.85. The zero-order valence-electron chi connectivity index (χ0n) is 10.9. The predicted octanol–water partition coefficient (Wildman–Crippen LogP) is 2.97. The van der Waals surface area contributed by atoms with Gasteiger partial charge in [0, 0.05) is 23.0 Å². The van der Waals surface area contributed by atoms with E-state index in [0.29, 0.717) is 6.04 Å². The Balaban J connectivity index is 3.07. The fourth-order valence-electron chi connectivity index (χ4n) is 2.31. The molecule has 0 fully saturated rings. The van der Waals surface area contributed by atoms with Crippen molar-refractivity contribution in [2.24, 2.45) is 5.73 Å². The van der Waals surface area contributed by atoms with Gasteiger partial charge in [0.15, 0.2) is 0 Å². The number of aromatic nitrogens is 1. The molecule has 15 heavy (non-hydrogen) atoms. The maximum atomic E-state index is 6.06. The van der Waals surface area contributed by atoms with Gasteiger partial charge in [0.1, 0.15) is 0 Å². The van der Waals surface area contributed by atoms with Gasteiger partial charge in [-0.2, -0.15) is 0 Å². The lowest BCUT2D eigenvalue weighted by atomic mass is 9.96. The Morgan fingerprint density at radius 1 is 1.33 bits per heavy atom. The van der Waals surface area contributed by atoms with Gasteiger partial charge in [0.05, 0.1) is 0 Å². The summed E-state index contributed by atoms with van der Waals surface area (Å²) < 4.78 is 2.38. The van der Waals surface area contributed by atoms with Crippen LogP contribution < -0.4 is 5.73 Å². The average Bonchev–Trinajstić information content (AvgIpc) is 2.23. The topological polar surface area (TPSA) is 30.9 Å². The molecule has 0 saturated carbocycles. The molecule has 0 amide bonds. The number of rotatable bonds is 3. The summed E-state index contributed by atoms with van der Waals surface area (Å²) in [6, 6.07) is 2.80. The molecule has 0 radical (unpaired) electrons. The van der Waals surface area contributed by atoms with Crippen molar-refractivity contribution in [1.29, 1.82) is 0 Å². The fraction of sp³-hybridized carbons (Fsp3) is 0.692. The summed E-state index contributed by atoms with van der Waals surface area (Å²) in [5.41, 5.74) is 10.0. The van der Waals surface area contributed by atoms with Crippen LogP contribution in [0, 0.1) is 13.8 Å². The number of nitrogens with zero attached hydrogens (tertiary/aromatic N) is 1. The largest absolute Gasteiger partial charge is 0.346 e. The van der Waals surface area contributed by atoms with Crippen LogP contribution in [0.2, 0.25) is 0 Å². The summed E-state index contributed by atoms with van der Waals surface area (Å²) in [4.78, 5) is 0. The zero-order valence-corrected chi connectivity index (χ0v) is 10.9. The van der Waals surface area contributed by atoms with Crippen LogP contribution in [0.1, 0.15) is 50.7 Å². The molecular formula is C13H24N2. The van der Waals surface area contributed by atoms with Crippen molar-refractivity contribution in [3.63, 3.8) is 0 Å². The molecule has 0 aliphatic rings. The maximum Gasteiger partial charge on any atom is 0.0279 e. The average molecular weight is 208 g/mol. The number of nitrogens with two attached hydrogens (primary N) is 1. The molecule has 2 N–H and O–H groups in total. The highest BCUT2D eigenvalue weighted by atomic mass is 15.0. The summed E-state index contributed by atoms with van der Waals surface area (Å²) >= 11 is 0. The van der Waals surface area contributed by atoms with Gasteiger partial charge in [-0.15, -0.1) is 0 Å². The highest BCUT2D eigenvalue weighted by Gasteiger charge is 2.17. The van der Waals surface area contributed by atoms with Gasteiger partial charge in [-0.1, -0.05) is 0 Å². The second-order valence-electron chi connectivity index (χ2n) is 5.53. The minimum atomic E-state index is -0.125. The number of hydrogen-bond donors (Lipinski definition) is 1. The van der Waals surface area contributed by atoms with Crippen molar-refractivity contribution in [3.05, 3.63) is 23.0 Å². The first-order valence-electron chi connectivity index (χ1n) is 5.68. The lowest BCUT2D eigenvalue weighted by Gasteiger charge is -2.19. The fourth-order valence-corrected chi connectivity index (χ4v) is 2.31. The highest BCUT2D eigenvalue weighted by molar-refractivity contribution is 5.28. The highest BCUT2D eigenvalue weighted by Crippen LogP contribution is 2.22. The van der Waals surface area contributed by atoms with E-state index in [-0.39, 0.29) is 5.54 Å². The molecule has 0 atom stereocenters. The van der Waals surface area contributed by atoms with Crippen LogP contribution in [0.25, 0.3) is 0 Å². The molecular weight excluding hydrogens is 184 g/mol. The van der Waals surface area contributed by atoms with Gasteiger partial charge >= 0.3 is 0 Å². The third-order valence-electron chi connectivity index (χ3n) is 2.75. The van der Waals surface area contributed by atoms with Crippen molar-refractivity contribution in [3.8, 4) is 0 Å². The second-order valence-corrected chi connectivity index (χ2v) is 5.53. The first-order chi connectivity index (χ1) is 6.72. The van der Waals surface area contributed by atoms with Crippen LogP contribution in [0.5, 0.6) is 0 Å². The van der Waals surface area contributed by atoms with E-state index >= 15 is 0 Å². The van der Waals surface area contributed by atoms with E-state index in [2.05, 4.69) is 52.2 Å². The number of hydrogen-bond acceptors (Lipinski definition) is 1. The molecule has 0 saturated heterocycles. The Morgan fingerprint density at radius 3 is 2.20 bits per heavy atom. The van der Waals surface area contributed by atoms with Crippen LogP contribution in [-0.4, -0.2) is 10.1 Å². The molecule has 1 heterocycles. The van der Waals surface area contributed by atoms with Crippen LogP contribution in [0.4, 0.5) is 0 Å². The second kappa shape index (κ2) is 4.01. The molecule has 2 nitrogen and oxygen atoms in total. The Kier molecular flexibility index (Phi) is 3.29. The van der Waals surface area contributed by atoms with E-state index in [1.807, 2.05) is 0 Å². The van der Waals surface area contributed by atoms with Gasteiger partial charge in [-0.25, -0.2) is 0 Å². The van der Waals surface area contributed by atoms with E-state index in [0.717, 1.165) is 6.42 Å². The Labute approximate surface area is 93.5 Å². The molecule has 2 heteroatoms. The predicted molar refractivity (Wildman–Crippen MR) is 66.3 cm³/mol. The lowest BCUT2D eigenvalue weighted by Crippen LogP contribution is -2.34. The lowest BCUT2D eigenvalue weighted by molar-refractivity contribution is 0.511. The molecule has 0 bridgehead atoms. The minimum absolute atomic E-state index is 0.125. The maximum absolute atomic E-state index is 6.06. The van der Waals surface area contributed by atoms with Gasteiger partial charge < -0.3 is 10.3 Å². The van der Waals surface area contributed by atoms with Crippen LogP contribution in [0.15, 0.2) is 6.07 Å². The minimum Gasteiger partial charge on any atom is -0.346 e. The standard InChI is InChI=1S/C13H24N2/c1-9(2)15-10(3)7-12(11(15)4)8-13(5,6)14/h7,9H,8,14H2,1-6H3. The summed E-state index contributed by atoms with van der Waals surface area (Å²) in [7, 11) is 0. The summed E-state index contributed by atoms with van der Waals surface area (Å²) in [6.45, 7) is 13.0. The first-order valence-corrected chi connectivity index (χ1v) is 5.68. The van der Waals surface area contributed by atoms with Crippen molar-refractivity contribution in [1.82, 2.24) is 4.57 Å². The molecule has 0 aliphatic carbocycles. The molecule has 1 rings (SSSR count). The van der Waals surface area contributed by atoms with E-state index in [4.69, 9.17) is 5.73 Å². The quantitative estimate of drug-likeness (QED) is 0.813. The molecule has 86 valence electrons. The van der Waals surface area contributed by atoms with Crippen molar-refractivity contribution in [2.75, 3.05) is 0 Å². The molecule has 0 spiro atoms. The monoisotopic (exact) mass is 208 g/mol. The van der Waals surface area contributed by atoms with E-state index in [1.165, 1.54) is 17.0 Å². The van der Waals surface area contributed by atoms with Gasteiger partial charge in [0.25, 0.3) is 0 Å². The Bertz CT molecular complexity index is 340. The Morgan fingerprint density at radius 2 is 1.87 bits per heavy atom. The molecule has 1 aromatic rings. The molecule has 1 aromatic heterocycles. The van der Waals surface area contributed by atoms with Gasteiger partial charge in [0.2, 0.25) is 0 Å². The van der Waals surface area contributed by atoms with Crippen LogP contribution in [0.3, 0.4) is 0 Å². The first kappa shape index (κ1) is 12.3. The summed E-state index contributed by atoms with van der Waals surface area (Å²) in [6.07, 6.45) is 0.944. The third-order valence-corrected chi connectivity index (χ3v) is 2.75. The van der Waals surface area contributed by atoms with Crippen molar-refractivity contribution in [2.45, 2.75) is 59.5 Å². The smallest absolute Gasteiger partial charge is 0.0279 e. The normalized spacial score (nSPS) is 12.5.